The number of hydrogen-bond acceptors (Lipinski definition) is 2. The van der Waals surface area contributed by atoms with E-state index >= 15 is 0 Å². The summed E-state index contributed by atoms with van der Waals surface area (Å²) in [6.07, 6.45) is 15.5. The number of aromatic nitrogens is 2. The average molecular weight is 562 g/mol. The number of halogens is 4. The molecule has 4 aromatic rings. The fourth-order valence-corrected chi connectivity index (χ4v) is 3.33. The Labute approximate surface area is 241 Å². The zero-order valence-corrected chi connectivity index (χ0v) is 22.5. The molecular formula is C32H26F4N2Ti. The van der Waals surface area contributed by atoms with Gasteiger partial charge in [-0.3, -0.25) is 9.97 Å². The topological polar surface area (TPSA) is 25.8 Å². The number of nitrogens with zero attached hydrogens (tertiary/aromatic N) is 2. The summed E-state index contributed by atoms with van der Waals surface area (Å²) in [5, 5.41) is 0. The molecule has 7 heteroatoms. The van der Waals surface area contributed by atoms with Gasteiger partial charge < -0.3 is 0 Å². The Hall–Kier alpha value is -3.87. The Morgan fingerprint density at radius 3 is 1.23 bits per heavy atom. The maximum atomic E-state index is 14.1. The van der Waals surface area contributed by atoms with Crippen molar-refractivity contribution in [2.45, 2.75) is 11.3 Å². The Morgan fingerprint density at radius 2 is 0.974 bits per heavy atom. The van der Waals surface area contributed by atoms with Crippen LogP contribution in [0.2, 0.25) is 0 Å². The first-order valence-corrected chi connectivity index (χ1v) is 11.8. The van der Waals surface area contributed by atoms with E-state index in [1.54, 1.807) is 36.7 Å². The summed E-state index contributed by atoms with van der Waals surface area (Å²) in [6.45, 7) is 0. The zero-order valence-electron chi connectivity index (χ0n) is 20.9. The van der Waals surface area contributed by atoms with Crippen LogP contribution in [-0.2, 0) is 33.1 Å². The average Bonchev–Trinajstić information content (AvgIpc) is 3.70. The SMILES string of the molecule is FC1=CC=CC(F)(c2cccnc2)[CH-]1.FC1=CC=CC(F)(c2cccnc2)[CH-]1.[Ti+4].c1cc[cH-]c1.c1cc[cH-]c1. The van der Waals surface area contributed by atoms with Crippen molar-refractivity contribution < 1.29 is 39.3 Å². The predicted molar refractivity (Wildman–Crippen MR) is 143 cm³/mol. The van der Waals surface area contributed by atoms with Gasteiger partial charge in [-0.25, -0.2) is 41.8 Å². The molecule has 0 bridgehead atoms. The third kappa shape index (κ3) is 10.4. The minimum atomic E-state index is -1.87. The summed E-state index contributed by atoms with van der Waals surface area (Å²) in [5.41, 5.74) is -3.07. The van der Waals surface area contributed by atoms with E-state index in [9.17, 15) is 17.6 Å². The molecule has 2 unspecified atom stereocenters. The van der Waals surface area contributed by atoms with E-state index in [1.807, 2.05) is 60.7 Å². The van der Waals surface area contributed by atoms with Gasteiger partial charge in [-0.2, -0.15) is 61.4 Å². The molecule has 0 N–H and O–H groups in total. The summed E-state index contributed by atoms with van der Waals surface area (Å²) in [6, 6.07) is 26.4. The van der Waals surface area contributed by atoms with Crippen molar-refractivity contribution in [2.24, 2.45) is 0 Å². The molecule has 2 aromatic carbocycles. The van der Waals surface area contributed by atoms with Crippen LogP contribution in [0.5, 0.6) is 0 Å². The van der Waals surface area contributed by atoms with Gasteiger partial charge in [0.1, 0.15) is 11.3 Å². The Kier molecular flexibility index (Phi) is 13.0. The van der Waals surface area contributed by atoms with Crippen molar-refractivity contribution >= 4 is 0 Å². The van der Waals surface area contributed by atoms with E-state index in [2.05, 4.69) is 9.97 Å². The van der Waals surface area contributed by atoms with Crippen molar-refractivity contribution in [1.82, 2.24) is 9.97 Å². The van der Waals surface area contributed by atoms with Gasteiger partial charge in [0.2, 0.25) is 0 Å². The van der Waals surface area contributed by atoms with E-state index in [-0.39, 0.29) is 21.7 Å². The molecule has 2 heterocycles. The third-order valence-corrected chi connectivity index (χ3v) is 5.20. The number of rotatable bonds is 2. The molecule has 0 saturated carbocycles. The van der Waals surface area contributed by atoms with Crippen molar-refractivity contribution in [3.63, 3.8) is 0 Å². The fraction of sp³-hybridized carbons (Fsp3) is 0.0625. The van der Waals surface area contributed by atoms with Gasteiger partial charge in [-0.15, -0.1) is 12.2 Å². The second-order valence-corrected chi connectivity index (χ2v) is 8.05. The van der Waals surface area contributed by atoms with Gasteiger partial charge in [-0.05, 0) is 34.9 Å². The molecule has 2 nitrogen and oxygen atoms in total. The van der Waals surface area contributed by atoms with Gasteiger partial charge in [0.15, 0.2) is 0 Å². The Bertz CT molecular complexity index is 1160. The summed E-state index contributed by atoms with van der Waals surface area (Å²) < 4.78 is 53.9. The molecule has 6 rings (SSSR count). The Balaban J connectivity index is 0.000000199. The minimum absolute atomic E-state index is 0. The van der Waals surface area contributed by atoms with Crippen LogP contribution in [0, 0.1) is 12.8 Å². The van der Waals surface area contributed by atoms with Crippen LogP contribution in [0.1, 0.15) is 11.1 Å². The first kappa shape index (κ1) is 31.4. The summed E-state index contributed by atoms with van der Waals surface area (Å²) in [5.74, 6) is -1.14. The smallest absolute Gasteiger partial charge is 0.264 e. The van der Waals surface area contributed by atoms with E-state index in [4.69, 9.17) is 0 Å². The van der Waals surface area contributed by atoms with Crippen LogP contribution >= 0.6 is 0 Å². The van der Waals surface area contributed by atoms with Gasteiger partial charge in [-0.1, -0.05) is 24.3 Å². The summed E-state index contributed by atoms with van der Waals surface area (Å²) >= 11 is 0. The molecule has 0 spiro atoms. The number of pyridine rings is 2. The fourth-order valence-electron chi connectivity index (χ4n) is 3.33. The molecule has 0 fully saturated rings. The minimum Gasteiger partial charge on any atom is -0.264 e. The third-order valence-electron chi connectivity index (χ3n) is 5.20. The molecular weight excluding hydrogens is 536 g/mol. The molecule has 2 aliphatic carbocycles. The van der Waals surface area contributed by atoms with Gasteiger partial charge in [0, 0.05) is 24.8 Å². The first-order valence-electron chi connectivity index (χ1n) is 11.8. The molecule has 2 atom stereocenters. The first-order chi connectivity index (χ1) is 18.4. The van der Waals surface area contributed by atoms with Crippen molar-refractivity contribution in [1.29, 1.82) is 0 Å². The molecule has 0 amide bonds. The van der Waals surface area contributed by atoms with Gasteiger partial charge in [0.05, 0.1) is 0 Å². The molecule has 2 aliphatic rings. The second kappa shape index (κ2) is 16.2. The van der Waals surface area contributed by atoms with Crippen LogP contribution in [0.4, 0.5) is 17.6 Å². The van der Waals surface area contributed by atoms with Crippen LogP contribution in [-0.4, -0.2) is 9.97 Å². The van der Waals surface area contributed by atoms with Gasteiger partial charge >= 0.3 is 21.7 Å². The molecule has 0 saturated heterocycles. The monoisotopic (exact) mass is 562 g/mol. The van der Waals surface area contributed by atoms with Crippen LogP contribution in [0.3, 0.4) is 0 Å². The Morgan fingerprint density at radius 1 is 0.590 bits per heavy atom. The summed E-state index contributed by atoms with van der Waals surface area (Å²) in [4.78, 5) is 7.59. The number of alkyl halides is 2. The predicted octanol–water partition coefficient (Wildman–Crippen LogP) is 8.56. The largest absolute Gasteiger partial charge is 4.00 e. The summed E-state index contributed by atoms with van der Waals surface area (Å²) in [7, 11) is 0. The second-order valence-electron chi connectivity index (χ2n) is 8.05. The van der Waals surface area contributed by atoms with E-state index in [0.717, 1.165) is 12.8 Å². The van der Waals surface area contributed by atoms with Crippen LogP contribution < -0.4 is 0 Å². The number of allylic oxidation sites excluding steroid dienone is 8. The maximum Gasteiger partial charge on any atom is 4.00 e. The van der Waals surface area contributed by atoms with E-state index < -0.39 is 23.0 Å². The van der Waals surface area contributed by atoms with Crippen molar-refractivity contribution in [3.05, 3.63) is 182 Å². The normalized spacial score (nSPS) is 20.3. The number of hydrogen-bond donors (Lipinski definition) is 0. The van der Waals surface area contributed by atoms with Crippen LogP contribution in [0.15, 0.2) is 158 Å². The zero-order chi connectivity index (χ0) is 27.1. The molecule has 196 valence electrons. The maximum absolute atomic E-state index is 14.1. The van der Waals surface area contributed by atoms with Crippen LogP contribution in [0.25, 0.3) is 0 Å². The molecule has 0 aliphatic heterocycles. The quantitative estimate of drug-likeness (QED) is 0.139. The van der Waals surface area contributed by atoms with E-state index in [0.29, 0.717) is 11.1 Å². The molecule has 2 aromatic heterocycles. The standard InChI is InChI=1S/2C11H8F2N.2C5H5.Ti/c2*12-10-4-1-5-11(13,7-10)9-3-2-6-14-8-9;2*1-2-4-5-3-1;/h2*1-8H;2*1-5H;/q4*-1;+4. The van der Waals surface area contributed by atoms with Gasteiger partial charge in [0.25, 0.3) is 0 Å². The molecule has 0 radical (unpaired) electrons. The molecule has 39 heavy (non-hydrogen) atoms. The van der Waals surface area contributed by atoms with E-state index in [1.165, 1.54) is 48.8 Å². The van der Waals surface area contributed by atoms with Crippen molar-refractivity contribution in [3.8, 4) is 0 Å². The van der Waals surface area contributed by atoms with Crippen molar-refractivity contribution in [2.75, 3.05) is 0 Å².